The number of rotatable bonds is 13. The number of ether oxygens (including phenoxy) is 2. The van der Waals surface area contributed by atoms with E-state index < -0.39 is 0 Å². The molecule has 1 heterocycles. The Kier molecular flexibility index (Phi) is 9.18. The molecule has 2 amide bonds. The number of hydrogen-bond acceptors (Lipinski definition) is 5. The van der Waals surface area contributed by atoms with Crippen LogP contribution in [0.1, 0.15) is 48.6 Å². The van der Waals surface area contributed by atoms with Gasteiger partial charge in [-0.1, -0.05) is 19.4 Å². The molecule has 7 heteroatoms. The van der Waals surface area contributed by atoms with E-state index in [-0.39, 0.29) is 24.3 Å². The van der Waals surface area contributed by atoms with E-state index in [1.165, 1.54) is 10.4 Å². The van der Waals surface area contributed by atoms with Gasteiger partial charge in [0.1, 0.15) is 0 Å². The van der Waals surface area contributed by atoms with Crippen molar-refractivity contribution in [3.63, 3.8) is 0 Å². The van der Waals surface area contributed by atoms with Gasteiger partial charge in [-0.2, -0.15) is 0 Å². The van der Waals surface area contributed by atoms with Crippen LogP contribution in [0.3, 0.4) is 0 Å². The first-order chi connectivity index (χ1) is 16.0. The van der Waals surface area contributed by atoms with Crippen LogP contribution < -0.4 is 9.47 Å². The number of carbonyl (C=O) groups excluding carboxylic acids is 2. The average Bonchev–Trinajstić information content (AvgIpc) is 3.60. The first-order valence-electron chi connectivity index (χ1n) is 11.8. The van der Waals surface area contributed by atoms with Crippen LogP contribution in [0, 0.1) is 12.8 Å². The maximum atomic E-state index is 13.4. The fraction of sp³-hybridized carbons (Fsp3) is 0.538. The molecule has 1 aliphatic carbocycles. The third-order valence-corrected chi connectivity index (χ3v) is 7.13. The molecule has 0 N–H and O–H groups in total. The summed E-state index contributed by atoms with van der Waals surface area (Å²) in [6, 6.07) is 7.94. The van der Waals surface area contributed by atoms with Crippen LogP contribution >= 0.6 is 11.3 Å². The second-order valence-corrected chi connectivity index (χ2v) is 9.67. The van der Waals surface area contributed by atoms with Crippen molar-refractivity contribution in [3.8, 4) is 11.5 Å². The molecule has 1 aromatic carbocycles. The maximum absolute atomic E-state index is 13.4. The Morgan fingerprint density at radius 1 is 1.06 bits per heavy atom. The first-order valence-corrected chi connectivity index (χ1v) is 12.6. The van der Waals surface area contributed by atoms with Crippen molar-refractivity contribution < 1.29 is 19.1 Å². The van der Waals surface area contributed by atoms with E-state index in [0.29, 0.717) is 37.6 Å². The molecular formula is C26H36N2O4S. The number of carbonyl (C=O) groups is 2. The highest BCUT2D eigenvalue weighted by Crippen LogP contribution is 2.31. The Morgan fingerprint density at radius 3 is 2.42 bits per heavy atom. The topological polar surface area (TPSA) is 59.1 Å². The molecule has 33 heavy (non-hydrogen) atoms. The highest BCUT2D eigenvalue weighted by molar-refractivity contribution is 7.10. The minimum Gasteiger partial charge on any atom is -0.493 e. The molecule has 2 aromatic rings. The lowest BCUT2D eigenvalue weighted by atomic mass is 10.1. The van der Waals surface area contributed by atoms with Crippen molar-refractivity contribution in [2.75, 3.05) is 33.9 Å². The summed E-state index contributed by atoms with van der Waals surface area (Å²) in [5.41, 5.74) is 2.27. The number of methoxy groups -OCH3 is 2. The summed E-state index contributed by atoms with van der Waals surface area (Å²) < 4.78 is 10.8. The summed E-state index contributed by atoms with van der Waals surface area (Å²) in [4.78, 5) is 31.1. The van der Waals surface area contributed by atoms with Crippen molar-refractivity contribution >= 4 is 23.2 Å². The number of thiophene rings is 1. The smallest absolute Gasteiger partial charge is 0.242 e. The van der Waals surface area contributed by atoms with E-state index in [1.54, 1.807) is 30.5 Å². The largest absolute Gasteiger partial charge is 0.493 e. The average molecular weight is 473 g/mol. The molecule has 1 fully saturated rings. The summed E-state index contributed by atoms with van der Waals surface area (Å²) in [5, 5.41) is 2.06. The number of hydrogen-bond donors (Lipinski definition) is 0. The molecule has 0 bridgehead atoms. The van der Waals surface area contributed by atoms with Crippen molar-refractivity contribution in [1.29, 1.82) is 0 Å². The molecule has 1 aliphatic rings. The number of aryl methyl sites for hydroxylation is 1. The predicted octanol–water partition coefficient (Wildman–Crippen LogP) is 4.68. The Morgan fingerprint density at radius 2 is 1.82 bits per heavy atom. The second-order valence-electron chi connectivity index (χ2n) is 8.67. The minimum atomic E-state index is 0.00776. The molecule has 0 unspecified atom stereocenters. The van der Waals surface area contributed by atoms with Gasteiger partial charge in [-0.15, -0.1) is 11.3 Å². The van der Waals surface area contributed by atoms with Gasteiger partial charge in [-0.25, -0.2) is 0 Å². The van der Waals surface area contributed by atoms with Crippen LogP contribution in [0.4, 0.5) is 0 Å². The number of amides is 2. The first kappa shape index (κ1) is 25.1. The van der Waals surface area contributed by atoms with Gasteiger partial charge in [0, 0.05) is 23.9 Å². The Bertz CT molecular complexity index is 938. The van der Waals surface area contributed by atoms with Crippen LogP contribution in [-0.2, 0) is 22.6 Å². The molecule has 3 rings (SSSR count). The summed E-state index contributed by atoms with van der Waals surface area (Å²) in [6.45, 7) is 6.13. The SMILES string of the molecule is CCCCN(CC(=O)N(CCc1ccc(OC)c(OC)c1)Cc1sccc1C)C(=O)C1CC1. The van der Waals surface area contributed by atoms with E-state index in [2.05, 4.69) is 25.3 Å². The fourth-order valence-corrected chi connectivity index (χ4v) is 4.72. The molecule has 0 atom stereocenters. The van der Waals surface area contributed by atoms with Gasteiger partial charge in [-0.3, -0.25) is 9.59 Å². The van der Waals surface area contributed by atoms with Gasteiger partial charge in [0.15, 0.2) is 11.5 Å². The minimum absolute atomic E-state index is 0.00776. The zero-order valence-corrected chi connectivity index (χ0v) is 21.1. The molecule has 180 valence electrons. The molecule has 0 radical (unpaired) electrons. The maximum Gasteiger partial charge on any atom is 0.242 e. The van der Waals surface area contributed by atoms with E-state index in [9.17, 15) is 9.59 Å². The third kappa shape index (κ3) is 6.97. The molecule has 0 aliphatic heterocycles. The molecule has 6 nitrogen and oxygen atoms in total. The molecule has 1 saturated carbocycles. The van der Waals surface area contributed by atoms with E-state index in [4.69, 9.17) is 9.47 Å². The van der Waals surface area contributed by atoms with Crippen molar-refractivity contribution in [1.82, 2.24) is 9.80 Å². The van der Waals surface area contributed by atoms with Crippen molar-refractivity contribution in [2.24, 2.45) is 5.92 Å². The van der Waals surface area contributed by atoms with E-state index in [0.717, 1.165) is 31.2 Å². The van der Waals surface area contributed by atoms with Crippen LogP contribution in [-0.4, -0.2) is 55.5 Å². The lowest BCUT2D eigenvalue weighted by Crippen LogP contribution is -2.44. The fourth-order valence-electron chi connectivity index (χ4n) is 3.80. The van der Waals surface area contributed by atoms with E-state index in [1.807, 2.05) is 23.1 Å². The number of unbranched alkanes of at least 4 members (excludes halogenated alkanes) is 1. The van der Waals surface area contributed by atoms with Gasteiger partial charge in [0.2, 0.25) is 11.8 Å². The molecule has 0 saturated heterocycles. The third-order valence-electron chi connectivity index (χ3n) is 6.12. The Hall–Kier alpha value is -2.54. The van der Waals surface area contributed by atoms with E-state index >= 15 is 0 Å². The lowest BCUT2D eigenvalue weighted by Gasteiger charge is -2.28. The van der Waals surface area contributed by atoms with Crippen LogP contribution in [0.2, 0.25) is 0 Å². The van der Waals surface area contributed by atoms with Gasteiger partial charge >= 0.3 is 0 Å². The number of nitrogens with zero attached hydrogens (tertiary/aromatic N) is 2. The quantitative estimate of drug-likeness (QED) is 0.425. The second kappa shape index (κ2) is 12.1. The zero-order valence-electron chi connectivity index (χ0n) is 20.3. The van der Waals surface area contributed by atoms with Gasteiger partial charge in [-0.05, 0) is 67.3 Å². The Balaban J connectivity index is 1.73. The van der Waals surface area contributed by atoms with Crippen molar-refractivity contribution in [2.45, 2.75) is 52.5 Å². The Labute approximate surface area is 201 Å². The summed E-state index contributed by atoms with van der Waals surface area (Å²) in [7, 11) is 3.24. The van der Waals surface area contributed by atoms with Crippen LogP contribution in [0.15, 0.2) is 29.6 Å². The predicted molar refractivity (Wildman–Crippen MR) is 132 cm³/mol. The van der Waals surface area contributed by atoms with Gasteiger partial charge in [0.05, 0.1) is 27.3 Å². The summed E-state index contributed by atoms with van der Waals surface area (Å²) in [6.07, 6.45) is 4.52. The molecular weight excluding hydrogens is 436 g/mol. The highest BCUT2D eigenvalue weighted by Gasteiger charge is 2.34. The van der Waals surface area contributed by atoms with Gasteiger partial charge < -0.3 is 19.3 Å². The molecule has 0 spiro atoms. The standard InChI is InChI=1S/C26H36N2O4S/c1-5-6-13-28(26(30)21-8-9-21)18-25(29)27(17-24-19(2)12-15-33-24)14-11-20-7-10-22(31-3)23(16-20)32-4/h7,10,12,15-16,21H,5-6,8-9,11,13-14,17-18H2,1-4H3. The number of benzene rings is 1. The van der Waals surface area contributed by atoms with Gasteiger partial charge in [0.25, 0.3) is 0 Å². The summed E-state index contributed by atoms with van der Waals surface area (Å²) >= 11 is 1.67. The zero-order chi connectivity index (χ0) is 23.8. The van der Waals surface area contributed by atoms with Crippen LogP contribution in [0.5, 0.6) is 11.5 Å². The van der Waals surface area contributed by atoms with Crippen molar-refractivity contribution in [3.05, 3.63) is 45.6 Å². The summed E-state index contributed by atoms with van der Waals surface area (Å²) in [5.74, 6) is 1.64. The monoisotopic (exact) mass is 472 g/mol. The highest BCUT2D eigenvalue weighted by atomic mass is 32.1. The lowest BCUT2D eigenvalue weighted by molar-refractivity contribution is -0.141. The molecule has 1 aromatic heterocycles. The normalized spacial score (nSPS) is 13.0. The van der Waals surface area contributed by atoms with Crippen LogP contribution in [0.25, 0.3) is 0 Å².